The zero-order chi connectivity index (χ0) is 16.8. The fourth-order valence-electron chi connectivity index (χ4n) is 3.51. The van der Waals surface area contributed by atoms with Gasteiger partial charge in [-0.05, 0) is 43.7 Å². The van der Waals surface area contributed by atoms with Gasteiger partial charge in [-0.3, -0.25) is 9.36 Å². The molecule has 1 unspecified atom stereocenters. The monoisotopic (exact) mass is 342 g/mol. The zero-order valence-electron chi connectivity index (χ0n) is 13.8. The molecule has 1 aromatic carbocycles. The van der Waals surface area contributed by atoms with Crippen molar-refractivity contribution in [3.8, 4) is 0 Å². The van der Waals surface area contributed by atoms with Gasteiger partial charge in [-0.25, -0.2) is 9.37 Å². The third-order valence-corrected chi connectivity index (χ3v) is 6.04. The summed E-state index contributed by atoms with van der Waals surface area (Å²) in [5, 5.41) is 0.754. The van der Waals surface area contributed by atoms with E-state index in [-0.39, 0.29) is 17.9 Å². The summed E-state index contributed by atoms with van der Waals surface area (Å²) in [6, 6.07) is 6.59. The van der Waals surface area contributed by atoms with Gasteiger partial charge in [0, 0.05) is 10.4 Å². The maximum absolute atomic E-state index is 14.0. The molecule has 2 heterocycles. The average Bonchev–Trinajstić information content (AvgIpc) is 2.90. The fourth-order valence-corrected chi connectivity index (χ4v) is 4.93. The smallest absolute Gasteiger partial charge is 0.262 e. The summed E-state index contributed by atoms with van der Waals surface area (Å²) >= 11 is 1.65. The number of aromatic nitrogens is 2. The van der Waals surface area contributed by atoms with Crippen molar-refractivity contribution in [3.05, 3.63) is 62.3 Å². The number of hydrogen-bond donors (Lipinski definition) is 0. The highest BCUT2D eigenvalue weighted by Crippen LogP contribution is 2.35. The Morgan fingerprint density at radius 1 is 1.38 bits per heavy atom. The number of nitrogens with zero attached hydrogens (tertiary/aromatic N) is 2. The zero-order valence-corrected chi connectivity index (χ0v) is 14.6. The molecule has 0 aliphatic heterocycles. The summed E-state index contributed by atoms with van der Waals surface area (Å²) in [5.41, 5.74) is 1.65. The number of halogens is 1. The van der Waals surface area contributed by atoms with E-state index in [0.717, 1.165) is 29.5 Å². The lowest BCUT2D eigenvalue weighted by atomic mass is 9.89. The Hall–Kier alpha value is -2.01. The molecule has 0 spiro atoms. The van der Waals surface area contributed by atoms with Crippen molar-refractivity contribution in [2.24, 2.45) is 5.92 Å². The molecule has 24 heavy (non-hydrogen) atoms. The van der Waals surface area contributed by atoms with E-state index in [1.165, 1.54) is 16.5 Å². The Kier molecular flexibility index (Phi) is 3.76. The van der Waals surface area contributed by atoms with Gasteiger partial charge in [0.25, 0.3) is 5.56 Å². The van der Waals surface area contributed by atoms with E-state index in [9.17, 15) is 9.18 Å². The van der Waals surface area contributed by atoms with Crippen molar-refractivity contribution >= 4 is 21.6 Å². The Labute approximate surface area is 143 Å². The van der Waals surface area contributed by atoms with E-state index < -0.39 is 0 Å². The number of aryl methyl sites for hydroxylation is 2. The molecule has 2 aromatic heterocycles. The van der Waals surface area contributed by atoms with Gasteiger partial charge in [0.15, 0.2) is 0 Å². The van der Waals surface area contributed by atoms with Crippen molar-refractivity contribution in [3.63, 3.8) is 0 Å². The van der Waals surface area contributed by atoms with E-state index in [2.05, 4.69) is 11.9 Å². The molecule has 0 N–H and O–H groups in total. The highest BCUT2D eigenvalue weighted by Gasteiger charge is 2.24. The minimum atomic E-state index is -0.287. The molecule has 1 atom stereocenters. The van der Waals surface area contributed by atoms with Crippen LogP contribution < -0.4 is 5.56 Å². The standard InChI is InChI=1S/C19H19FN2OS/c1-11-7-8-14-16(9-11)24-18-17(14)19(23)22(12(2)21-18)10-13-5-3-4-6-15(13)20/h3-6,11H,7-10H2,1-2H3. The van der Waals surface area contributed by atoms with E-state index in [1.807, 2.05) is 6.92 Å². The van der Waals surface area contributed by atoms with Crippen LogP contribution in [0.5, 0.6) is 0 Å². The lowest BCUT2D eigenvalue weighted by Crippen LogP contribution is -2.25. The molecule has 4 rings (SSSR count). The lowest BCUT2D eigenvalue weighted by Gasteiger charge is -2.17. The predicted octanol–water partition coefficient (Wildman–Crippen LogP) is 4.08. The van der Waals surface area contributed by atoms with E-state index in [4.69, 9.17) is 0 Å². The van der Waals surface area contributed by atoms with Gasteiger partial charge in [-0.2, -0.15) is 0 Å². The van der Waals surface area contributed by atoms with E-state index in [1.54, 1.807) is 34.1 Å². The topological polar surface area (TPSA) is 34.9 Å². The summed E-state index contributed by atoms with van der Waals surface area (Å²) in [6.07, 6.45) is 3.08. The number of fused-ring (bicyclic) bond motifs is 3. The van der Waals surface area contributed by atoms with Crippen LogP contribution >= 0.6 is 11.3 Å². The molecule has 3 nitrogen and oxygen atoms in total. The van der Waals surface area contributed by atoms with Gasteiger partial charge in [-0.1, -0.05) is 25.1 Å². The first-order valence-electron chi connectivity index (χ1n) is 8.29. The first-order chi connectivity index (χ1) is 11.5. The lowest BCUT2D eigenvalue weighted by molar-refractivity contribution is 0.509. The summed E-state index contributed by atoms with van der Waals surface area (Å²) in [5.74, 6) is 1.01. The fraction of sp³-hybridized carbons (Fsp3) is 0.368. The Bertz CT molecular complexity index is 989. The highest BCUT2D eigenvalue weighted by atomic mass is 32.1. The molecule has 0 saturated heterocycles. The largest absolute Gasteiger partial charge is 0.292 e. The van der Waals surface area contributed by atoms with Crippen LogP contribution in [0.25, 0.3) is 10.2 Å². The Morgan fingerprint density at radius 2 is 2.17 bits per heavy atom. The van der Waals surface area contributed by atoms with Gasteiger partial charge in [-0.15, -0.1) is 11.3 Å². The van der Waals surface area contributed by atoms with Crippen LogP contribution in [0.3, 0.4) is 0 Å². The summed E-state index contributed by atoms with van der Waals surface area (Å²) < 4.78 is 15.6. The second kappa shape index (κ2) is 5.81. The number of benzene rings is 1. The quantitative estimate of drug-likeness (QED) is 0.703. The van der Waals surface area contributed by atoms with Crippen molar-refractivity contribution in [1.29, 1.82) is 0 Å². The second-order valence-electron chi connectivity index (χ2n) is 6.67. The van der Waals surface area contributed by atoms with Crippen molar-refractivity contribution in [2.75, 3.05) is 0 Å². The van der Waals surface area contributed by atoms with Crippen LogP contribution in [-0.2, 0) is 19.4 Å². The number of hydrogen-bond acceptors (Lipinski definition) is 3. The summed E-state index contributed by atoms with van der Waals surface area (Å²) in [7, 11) is 0. The van der Waals surface area contributed by atoms with Crippen LogP contribution in [0, 0.1) is 18.7 Å². The van der Waals surface area contributed by atoms with Gasteiger partial charge < -0.3 is 0 Å². The molecule has 1 aliphatic carbocycles. The Balaban J connectivity index is 1.88. The van der Waals surface area contributed by atoms with Crippen LogP contribution in [0.15, 0.2) is 29.1 Å². The Morgan fingerprint density at radius 3 is 2.96 bits per heavy atom. The molecule has 0 fully saturated rings. The van der Waals surface area contributed by atoms with Gasteiger partial charge in [0.05, 0.1) is 11.9 Å². The SMILES string of the molecule is Cc1nc2sc3c(c2c(=O)n1Cc1ccccc1F)CCC(C)C3. The van der Waals surface area contributed by atoms with Crippen LogP contribution in [0.2, 0.25) is 0 Å². The van der Waals surface area contributed by atoms with Gasteiger partial charge >= 0.3 is 0 Å². The molecule has 5 heteroatoms. The van der Waals surface area contributed by atoms with Crippen LogP contribution in [0.4, 0.5) is 4.39 Å². The minimum Gasteiger partial charge on any atom is -0.292 e. The first kappa shape index (κ1) is 15.5. The first-order valence-corrected chi connectivity index (χ1v) is 9.11. The molecule has 0 bridgehead atoms. The number of thiophene rings is 1. The van der Waals surface area contributed by atoms with Crippen LogP contribution in [0.1, 0.15) is 35.2 Å². The molecule has 3 aromatic rings. The maximum atomic E-state index is 14.0. The predicted molar refractivity (Wildman–Crippen MR) is 95.3 cm³/mol. The molecule has 0 saturated carbocycles. The molecule has 0 amide bonds. The molecule has 0 radical (unpaired) electrons. The average molecular weight is 342 g/mol. The van der Waals surface area contributed by atoms with E-state index >= 15 is 0 Å². The molecule has 1 aliphatic rings. The van der Waals surface area contributed by atoms with E-state index in [0.29, 0.717) is 17.3 Å². The molecular weight excluding hydrogens is 323 g/mol. The van der Waals surface area contributed by atoms with Gasteiger partial charge in [0.1, 0.15) is 16.5 Å². The molecular formula is C19H19FN2OS. The normalized spacial score (nSPS) is 17.2. The van der Waals surface area contributed by atoms with Crippen LogP contribution in [-0.4, -0.2) is 9.55 Å². The maximum Gasteiger partial charge on any atom is 0.262 e. The van der Waals surface area contributed by atoms with Crippen molar-refractivity contribution in [2.45, 2.75) is 39.7 Å². The third kappa shape index (κ3) is 2.47. The van der Waals surface area contributed by atoms with Crippen molar-refractivity contribution in [1.82, 2.24) is 9.55 Å². The highest BCUT2D eigenvalue weighted by molar-refractivity contribution is 7.18. The second-order valence-corrected chi connectivity index (χ2v) is 7.76. The minimum absolute atomic E-state index is 0.0344. The van der Waals surface area contributed by atoms with Gasteiger partial charge in [0.2, 0.25) is 0 Å². The van der Waals surface area contributed by atoms with Crippen molar-refractivity contribution < 1.29 is 4.39 Å². The third-order valence-electron chi connectivity index (χ3n) is 4.89. The molecule has 124 valence electrons. The number of rotatable bonds is 2. The summed E-state index contributed by atoms with van der Waals surface area (Å²) in [6.45, 7) is 4.30. The summed E-state index contributed by atoms with van der Waals surface area (Å²) in [4.78, 5) is 19.9.